The van der Waals surface area contributed by atoms with E-state index in [1.54, 1.807) is 6.08 Å². The smallest absolute Gasteiger partial charge is 0.447 e. The number of hydrogen-bond donors (Lipinski definition) is 1. The maximum atomic E-state index is 12.6. The van der Waals surface area contributed by atoms with Gasteiger partial charge in [-0.1, -0.05) is 18.2 Å². The Hall–Kier alpha value is -2.03. The monoisotopic (exact) mass is 367 g/mol. The van der Waals surface area contributed by atoms with Gasteiger partial charge >= 0.3 is 18.3 Å². The first-order chi connectivity index (χ1) is 11.6. The fraction of sp³-hybridized carbons (Fsp3) is 0.438. The largest absolute Gasteiger partial charge is 0.490 e. The second-order valence-corrected chi connectivity index (χ2v) is 5.58. The molecule has 2 unspecified atom stereocenters. The molecule has 2 rings (SSSR count). The highest BCUT2D eigenvalue weighted by atomic mass is 19.4. The van der Waals surface area contributed by atoms with Crippen molar-refractivity contribution in [3.05, 3.63) is 47.5 Å². The Morgan fingerprint density at radius 3 is 2.28 bits per heavy atom. The van der Waals surface area contributed by atoms with Gasteiger partial charge in [-0.2, -0.15) is 26.3 Å². The topological polar surface area (TPSA) is 38.3 Å². The molecule has 138 valence electrons. The van der Waals surface area contributed by atoms with Gasteiger partial charge in [0.15, 0.2) is 0 Å². The van der Waals surface area contributed by atoms with Crippen molar-refractivity contribution in [2.75, 3.05) is 13.1 Å². The van der Waals surface area contributed by atoms with Gasteiger partial charge in [0.1, 0.15) is 6.10 Å². The Morgan fingerprint density at radius 1 is 1.16 bits per heavy atom. The zero-order chi connectivity index (χ0) is 18.7. The average Bonchev–Trinajstić information content (AvgIpc) is 3.03. The Morgan fingerprint density at radius 2 is 1.80 bits per heavy atom. The van der Waals surface area contributed by atoms with Crippen LogP contribution >= 0.6 is 0 Å². The molecule has 0 bridgehead atoms. The SMILES string of the molecule is O=C(OC(/C=C\C1CCNC1)c1ccc(C(F)(F)F)cc1)C(F)(F)F. The Bertz CT molecular complexity index is 615. The molecule has 0 aromatic heterocycles. The maximum Gasteiger partial charge on any atom is 0.490 e. The third-order valence-corrected chi connectivity index (χ3v) is 3.69. The zero-order valence-electron chi connectivity index (χ0n) is 12.8. The van der Waals surface area contributed by atoms with E-state index in [0.717, 1.165) is 37.2 Å². The molecule has 1 aromatic carbocycles. The summed E-state index contributed by atoms with van der Waals surface area (Å²) in [6, 6.07) is 3.45. The molecule has 0 spiro atoms. The predicted octanol–water partition coefficient (Wildman–Crippen LogP) is 4.02. The van der Waals surface area contributed by atoms with Gasteiger partial charge < -0.3 is 10.1 Å². The quantitative estimate of drug-likeness (QED) is 0.496. The van der Waals surface area contributed by atoms with Gasteiger partial charge in [0.25, 0.3) is 0 Å². The molecule has 1 fully saturated rings. The van der Waals surface area contributed by atoms with Crippen molar-refractivity contribution < 1.29 is 35.9 Å². The van der Waals surface area contributed by atoms with Crippen LogP contribution in [0.2, 0.25) is 0 Å². The number of carbonyl (C=O) groups excluding carboxylic acids is 1. The van der Waals surface area contributed by atoms with Crippen molar-refractivity contribution in [2.24, 2.45) is 5.92 Å². The number of rotatable bonds is 4. The first-order valence-corrected chi connectivity index (χ1v) is 7.41. The van der Waals surface area contributed by atoms with Crippen LogP contribution in [0.4, 0.5) is 26.3 Å². The lowest BCUT2D eigenvalue weighted by atomic mass is 10.0. The standard InChI is InChI=1S/C16H15F6NO2/c17-15(18,19)12-4-2-11(3-5-12)13(25-14(24)16(20,21)22)6-1-10-7-8-23-9-10/h1-6,10,13,23H,7-9H2/b6-1-. The van der Waals surface area contributed by atoms with Crippen LogP contribution in [0.1, 0.15) is 23.7 Å². The minimum atomic E-state index is -5.19. The molecule has 1 heterocycles. The van der Waals surface area contributed by atoms with Crippen molar-refractivity contribution in [3.8, 4) is 0 Å². The number of halogens is 6. The summed E-state index contributed by atoms with van der Waals surface area (Å²) in [4.78, 5) is 11.1. The summed E-state index contributed by atoms with van der Waals surface area (Å²) in [7, 11) is 0. The summed E-state index contributed by atoms with van der Waals surface area (Å²) in [6.07, 6.45) is -7.54. The number of esters is 1. The van der Waals surface area contributed by atoms with Gasteiger partial charge in [0, 0.05) is 6.54 Å². The van der Waals surface area contributed by atoms with Gasteiger partial charge in [-0.15, -0.1) is 0 Å². The maximum absolute atomic E-state index is 12.6. The van der Waals surface area contributed by atoms with Crippen LogP contribution in [0.15, 0.2) is 36.4 Å². The fourth-order valence-corrected chi connectivity index (χ4v) is 2.36. The van der Waals surface area contributed by atoms with E-state index in [9.17, 15) is 31.1 Å². The van der Waals surface area contributed by atoms with Crippen LogP contribution in [0.5, 0.6) is 0 Å². The van der Waals surface area contributed by atoms with E-state index in [2.05, 4.69) is 10.1 Å². The summed E-state index contributed by atoms with van der Waals surface area (Å²) in [5.74, 6) is -2.34. The first-order valence-electron chi connectivity index (χ1n) is 7.41. The molecular weight excluding hydrogens is 352 g/mol. The summed E-state index contributed by atoms with van der Waals surface area (Å²) < 4.78 is 79.5. The molecule has 1 aromatic rings. The molecule has 2 atom stereocenters. The summed E-state index contributed by atoms with van der Waals surface area (Å²) in [5.41, 5.74) is -0.922. The summed E-state index contributed by atoms with van der Waals surface area (Å²) >= 11 is 0. The summed E-state index contributed by atoms with van der Waals surface area (Å²) in [6.45, 7) is 1.38. The Kier molecular flexibility index (Phi) is 5.76. The lowest BCUT2D eigenvalue weighted by Crippen LogP contribution is -2.26. The second kappa shape index (κ2) is 7.47. The number of benzene rings is 1. The zero-order valence-corrected chi connectivity index (χ0v) is 12.8. The van der Waals surface area contributed by atoms with E-state index in [4.69, 9.17) is 0 Å². The third-order valence-electron chi connectivity index (χ3n) is 3.69. The van der Waals surface area contributed by atoms with Gasteiger partial charge in [-0.3, -0.25) is 0 Å². The Balaban J connectivity index is 2.22. The van der Waals surface area contributed by atoms with Gasteiger partial charge in [-0.25, -0.2) is 4.79 Å². The molecule has 0 aliphatic carbocycles. The Labute approximate surface area is 139 Å². The molecular formula is C16H15F6NO2. The fourth-order valence-electron chi connectivity index (χ4n) is 2.36. The number of hydrogen-bond acceptors (Lipinski definition) is 3. The van der Waals surface area contributed by atoms with Crippen molar-refractivity contribution >= 4 is 5.97 Å². The van der Waals surface area contributed by atoms with E-state index in [0.29, 0.717) is 6.54 Å². The third kappa shape index (κ3) is 5.48. The first kappa shape index (κ1) is 19.3. The van der Waals surface area contributed by atoms with Gasteiger partial charge in [0.2, 0.25) is 0 Å². The number of ether oxygens (including phenoxy) is 1. The molecule has 25 heavy (non-hydrogen) atoms. The molecule has 1 saturated heterocycles. The van der Waals surface area contributed by atoms with Crippen LogP contribution in [-0.4, -0.2) is 25.2 Å². The predicted molar refractivity (Wildman–Crippen MR) is 76.4 cm³/mol. The van der Waals surface area contributed by atoms with Crippen molar-refractivity contribution in [1.29, 1.82) is 0 Å². The van der Waals surface area contributed by atoms with Crippen molar-refractivity contribution in [3.63, 3.8) is 0 Å². The lowest BCUT2D eigenvalue weighted by molar-refractivity contribution is -0.203. The van der Waals surface area contributed by atoms with E-state index in [1.807, 2.05) is 0 Å². The minimum Gasteiger partial charge on any atom is -0.447 e. The average molecular weight is 367 g/mol. The van der Waals surface area contributed by atoms with Crippen LogP contribution < -0.4 is 5.32 Å². The highest BCUT2D eigenvalue weighted by molar-refractivity contribution is 5.76. The molecule has 1 aliphatic heterocycles. The normalized spacial score (nSPS) is 20.0. The van der Waals surface area contributed by atoms with E-state index in [-0.39, 0.29) is 11.5 Å². The molecule has 3 nitrogen and oxygen atoms in total. The number of carbonyl (C=O) groups is 1. The summed E-state index contributed by atoms with van der Waals surface area (Å²) in [5, 5.41) is 3.06. The molecule has 0 saturated carbocycles. The highest BCUT2D eigenvalue weighted by Gasteiger charge is 2.42. The second-order valence-electron chi connectivity index (χ2n) is 5.58. The molecule has 0 amide bonds. The molecule has 1 N–H and O–H groups in total. The molecule has 0 radical (unpaired) electrons. The highest BCUT2D eigenvalue weighted by Crippen LogP contribution is 2.31. The molecule has 9 heteroatoms. The van der Waals surface area contributed by atoms with E-state index < -0.39 is 30.0 Å². The van der Waals surface area contributed by atoms with Crippen LogP contribution in [0.25, 0.3) is 0 Å². The van der Waals surface area contributed by atoms with Crippen LogP contribution in [0, 0.1) is 5.92 Å². The van der Waals surface area contributed by atoms with E-state index >= 15 is 0 Å². The number of alkyl halides is 6. The van der Waals surface area contributed by atoms with Gasteiger partial charge in [0.05, 0.1) is 5.56 Å². The van der Waals surface area contributed by atoms with Crippen LogP contribution in [0.3, 0.4) is 0 Å². The van der Waals surface area contributed by atoms with Crippen molar-refractivity contribution in [1.82, 2.24) is 5.32 Å². The minimum absolute atomic E-state index is 0.0211. The van der Waals surface area contributed by atoms with E-state index in [1.165, 1.54) is 6.08 Å². The van der Waals surface area contributed by atoms with Crippen molar-refractivity contribution in [2.45, 2.75) is 24.9 Å². The van der Waals surface area contributed by atoms with Gasteiger partial charge in [-0.05, 0) is 42.7 Å². The van der Waals surface area contributed by atoms with Crippen LogP contribution in [-0.2, 0) is 15.7 Å². The number of nitrogens with one attached hydrogen (secondary N) is 1. The lowest BCUT2D eigenvalue weighted by Gasteiger charge is -2.17. The molecule has 1 aliphatic rings.